The van der Waals surface area contributed by atoms with Crippen LogP contribution in [0, 0.1) is 46.3 Å². The van der Waals surface area contributed by atoms with Crippen LogP contribution in [-0.4, -0.2) is 60.6 Å². The van der Waals surface area contributed by atoms with E-state index in [1.807, 2.05) is 41.5 Å². The van der Waals surface area contributed by atoms with Gasteiger partial charge < -0.3 is 29.6 Å². The zero-order valence-corrected chi connectivity index (χ0v) is 30.8. The van der Waals surface area contributed by atoms with E-state index < -0.39 is 23.4 Å². The van der Waals surface area contributed by atoms with Gasteiger partial charge in [0.15, 0.2) is 0 Å². The molecule has 4 fully saturated rings. The molecule has 0 aromatic carbocycles. The fourth-order valence-corrected chi connectivity index (χ4v) is 10.5. The van der Waals surface area contributed by atoms with E-state index in [9.17, 15) is 19.2 Å². The molecule has 0 heterocycles. The van der Waals surface area contributed by atoms with E-state index in [0.29, 0.717) is 12.8 Å². The number of methoxy groups -OCH3 is 1. The number of nitrogens with one attached hydrogen (secondary N) is 2. The topological polar surface area (TPSA) is 129 Å². The molecular weight excluding hydrogens is 600 g/mol. The Balaban J connectivity index is 1.75. The number of carbonyl (C=O) groups is 4. The molecule has 0 aromatic rings. The Bertz CT molecular complexity index is 1180. The molecule has 0 unspecified atom stereocenters. The van der Waals surface area contributed by atoms with Crippen LogP contribution in [0.4, 0.5) is 9.59 Å². The summed E-state index contributed by atoms with van der Waals surface area (Å²) >= 11 is 0. The lowest BCUT2D eigenvalue weighted by Crippen LogP contribution is -2.67. The third kappa shape index (κ3) is 8.21. The third-order valence-corrected chi connectivity index (χ3v) is 12.3. The normalized spacial score (nSPS) is 37.3. The molecule has 2 amide bonds. The van der Waals surface area contributed by atoms with Crippen molar-refractivity contribution in [2.75, 3.05) is 7.11 Å². The van der Waals surface area contributed by atoms with E-state index in [-0.39, 0.29) is 76.5 Å². The molecular formula is C37H62N2O8. The van der Waals surface area contributed by atoms with Crippen LogP contribution in [0.25, 0.3) is 0 Å². The van der Waals surface area contributed by atoms with Crippen molar-refractivity contribution in [2.45, 2.75) is 156 Å². The second kappa shape index (κ2) is 13.8. The van der Waals surface area contributed by atoms with Gasteiger partial charge in [-0.3, -0.25) is 9.59 Å². The SMILES string of the molecule is COC(=O)CC[C@@H](C)[C@H]1CC[C@H]2[C@@H]3[C@H](NC(=O)OC(C)(C)C)C[C@@H]4C[C@H](OC(C)=O)CC[C@]4(C)[C@H]3C[C@H](NC(=O)OC(C)(C)C)[C@]12C. The number of carbonyl (C=O) groups excluding carboxylic acids is 4. The molecule has 0 aliphatic heterocycles. The standard InChI is InChI=1S/C37H62N2O8/c1-21(12-15-30(41)44-11)25-13-14-26-31-27(20-29(37(25,26)10)39-33(43)47-35(6,7)8)36(9)17-16-24(45-22(2)40)18-23(36)19-28(31)38-32(42)46-34(3,4)5/h21,23-29,31H,12-20H2,1-11H3,(H,38,42)(H,39,43)/t21-,23+,24-,25-,26+,27+,28-,29+,31+,36+,37-/m1/s1. The zero-order chi connectivity index (χ0) is 35.1. The van der Waals surface area contributed by atoms with E-state index in [0.717, 1.165) is 44.9 Å². The number of rotatable bonds is 7. The molecule has 268 valence electrons. The first-order valence-electron chi connectivity index (χ1n) is 17.9. The molecule has 11 atom stereocenters. The van der Waals surface area contributed by atoms with Gasteiger partial charge in [0.2, 0.25) is 0 Å². The number of alkyl carbamates (subject to hydrolysis) is 2. The lowest BCUT2D eigenvalue weighted by atomic mass is 9.42. The van der Waals surface area contributed by atoms with Crippen LogP contribution < -0.4 is 10.6 Å². The van der Waals surface area contributed by atoms with Crippen LogP contribution in [0.1, 0.15) is 127 Å². The Morgan fingerprint density at radius 2 is 1.47 bits per heavy atom. The number of fused-ring (bicyclic) bond motifs is 5. The van der Waals surface area contributed by atoms with Gasteiger partial charge in [-0.15, -0.1) is 0 Å². The van der Waals surface area contributed by atoms with Crippen LogP contribution >= 0.6 is 0 Å². The first kappa shape index (κ1) is 37.3. The second-order valence-electron chi connectivity index (χ2n) is 17.6. The Kier molecular flexibility index (Phi) is 10.9. The Hall–Kier alpha value is -2.52. The molecule has 4 rings (SSSR count). The van der Waals surface area contributed by atoms with Gasteiger partial charge in [0.1, 0.15) is 17.3 Å². The van der Waals surface area contributed by atoms with E-state index in [1.165, 1.54) is 14.0 Å². The maximum atomic E-state index is 13.5. The van der Waals surface area contributed by atoms with Gasteiger partial charge >= 0.3 is 24.1 Å². The van der Waals surface area contributed by atoms with Crippen molar-refractivity contribution in [2.24, 2.45) is 46.3 Å². The molecule has 0 radical (unpaired) electrons. The van der Waals surface area contributed by atoms with Gasteiger partial charge in [-0.05, 0) is 139 Å². The van der Waals surface area contributed by atoms with Crippen molar-refractivity contribution >= 4 is 24.1 Å². The average molecular weight is 663 g/mol. The molecule has 0 saturated heterocycles. The highest BCUT2D eigenvalue weighted by atomic mass is 16.6. The molecule has 10 nitrogen and oxygen atoms in total. The predicted octanol–water partition coefficient (Wildman–Crippen LogP) is 7.17. The van der Waals surface area contributed by atoms with Crippen molar-refractivity contribution < 1.29 is 38.1 Å². The number of hydrogen-bond acceptors (Lipinski definition) is 8. The first-order chi connectivity index (χ1) is 21.7. The quantitative estimate of drug-likeness (QED) is 0.217. The maximum absolute atomic E-state index is 13.5. The van der Waals surface area contributed by atoms with Gasteiger partial charge in [0.25, 0.3) is 0 Å². The highest BCUT2D eigenvalue weighted by molar-refractivity contribution is 5.69. The predicted molar refractivity (Wildman–Crippen MR) is 178 cm³/mol. The summed E-state index contributed by atoms with van der Waals surface area (Å²) in [5, 5.41) is 6.73. The van der Waals surface area contributed by atoms with Gasteiger partial charge in [-0.1, -0.05) is 20.8 Å². The molecule has 4 aliphatic carbocycles. The highest BCUT2D eigenvalue weighted by Crippen LogP contribution is 2.68. The number of ether oxygens (including phenoxy) is 4. The molecule has 4 aliphatic rings. The lowest BCUT2D eigenvalue weighted by molar-refractivity contribution is -0.167. The molecule has 0 spiro atoms. The average Bonchev–Trinajstić information content (AvgIpc) is 3.28. The minimum atomic E-state index is -0.635. The molecule has 47 heavy (non-hydrogen) atoms. The van der Waals surface area contributed by atoms with Crippen LogP contribution in [0.15, 0.2) is 0 Å². The smallest absolute Gasteiger partial charge is 0.407 e. The number of hydrogen-bond donors (Lipinski definition) is 2. The summed E-state index contributed by atoms with van der Waals surface area (Å²) < 4.78 is 22.3. The molecule has 0 aromatic heterocycles. The number of amides is 2. The van der Waals surface area contributed by atoms with Crippen LogP contribution in [0.2, 0.25) is 0 Å². The van der Waals surface area contributed by atoms with Gasteiger partial charge in [0.05, 0.1) is 7.11 Å². The monoisotopic (exact) mass is 662 g/mol. The molecule has 4 saturated carbocycles. The van der Waals surface area contributed by atoms with E-state index >= 15 is 0 Å². The van der Waals surface area contributed by atoms with E-state index in [4.69, 9.17) is 18.9 Å². The summed E-state index contributed by atoms with van der Waals surface area (Å²) in [6, 6.07) is -0.277. The minimum absolute atomic E-state index is 0.0583. The summed E-state index contributed by atoms with van der Waals surface area (Å²) in [6.07, 6.45) is 6.09. The highest BCUT2D eigenvalue weighted by Gasteiger charge is 2.66. The second-order valence-corrected chi connectivity index (χ2v) is 17.6. The third-order valence-electron chi connectivity index (χ3n) is 12.3. The van der Waals surface area contributed by atoms with Crippen LogP contribution in [0.5, 0.6) is 0 Å². The van der Waals surface area contributed by atoms with Crippen LogP contribution in [0.3, 0.4) is 0 Å². The van der Waals surface area contributed by atoms with Gasteiger partial charge in [-0.2, -0.15) is 0 Å². The van der Waals surface area contributed by atoms with E-state index in [1.54, 1.807) is 0 Å². The Morgan fingerprint density at radius 1 is 0.851 bits per heavy atom. The minimum Gasteiger partial charge on any atom is -0.469 e. The van der Waals surface area contributed by atoms with Crippen molar-refractivity contribution in [3.05, 3.63) is 0 Å². The van der Waals surface area contributed by atoms with Crippen molar-refractivity contribution in [3.8, 4) is 0 Å². The zero-order valence-electron chi connectivity index (χ0n) is 30.8. The Morgan fingerprint density at radius 3 is 2.04 bits per heavy atom. The fraction of sp³-hybridized carbons (Fsp3) is 0.892. The van der Waals surface area contributed by atoms with Crippen molar-refractivity contribution in [1.29, 1.82) is 0 Å². The molecule has 0 bridgehead atoms. The summed E-state index contributed by atoms with van der Waals surface area (Å²) in [4.78, 5) is 51.0. The van der Waals surface area contributed by atoms with Crippen molar-refractivity contribution in [1.82, 2.24) is 10.6 Å². The fourth-order valence-electron chi connectivity index (χ4n) is 10.5. The van der Waals surface area contributed by atoms with Gasteiger partial charge in [-0.25, -0.2) is 9.59 Å². The summed E-state index contributed by atoms with van der Waals surface area (Å²) in [5.41, 5.74) is -1.62. The van der Waals surface area contributed by atoms with Crippen molar-refractivity contribution in [3.63, 3.8) is 0 Å². The maximum Gasteiger partial charge on any atom is 0.407 e. The molecule has 10 heteroatoms. The summed E-state index contributed by atoms with van der Waals surface area (Å²) in [5.74, 6) is 0.845. The van der Waals surface area contributed by atoms with Crippen LogP contribution in [-0.2, 0) is 28.5 Å². The summed E-state index contributed by atoms with van der Waals surface area (Å²) in [6.45, 7) is 19.7. The largest absolute Gasteiger partial charge is 0.469 e. The lowest BCUT2D eigenvalue weighted by Gasteiger charge is -2.65. The van der Waals surface area contributed by atoms with Gasteiger partial charge in [0, 0.05) is 25.4 Å². The Labute approximate surface area is 282 Å². The summed E-state index contributed by atoms with van der Waals surface area (Å²) in [7, 11) is 1.43. The number of esters is 2. The molecule has 2 N–H and O–H groups in total. The van der Waals surface area contributed by atoms with E-state index in [2.05, 4.69) is 31.4 Å². The first-order valence-corrected chi connectivity index (χ1v) is 17.9.